The standard InChI is InChI=1S/C13H24N2O/c1-12(2,10-16)8-14-9-13(3,4)11-6-5-7-15-11/h5-7,14-16H,8-10H2,1-4H3. The average Bonchev–Trinajstić information content (AvgIpc) is 2.70. The summed E-state index contributed by atoms with van der Waals surface area (Å²) >= 11 is 0. The van der Waals surface area contributed by atoms with Crippen LogP contribution in [0.15, 0.2) is 18.3 Å². The smallest absolute Gasteiger partial charge is 0.0494 e. The van der Waals surface area contributed by atoms with Crippen molar-refractivity contribution in [2.75, 3.05) is 19.7 Å². The summed E-state index contributed by atoms with van der Waals surface area (Å²) < 4.78 is 0. The third-order valence-electron chi connectivity index (χ3n) is 2.93. The van der Waals surface area contributed by atoms with Gasteiger partial charge in [-0.3, -0.25) is 0 Å². The number of aromatic nitrogens is 1. The molecule has 0 aliphatic rings. The maximum atomic E-state index is 9.16. The highest BCUT2D eigenvalue weighted by Gasteiger charge is 2.23. The van der Waals surface area contributed by atoms with Crippen molar-refractivity contribution in [3.8, 4) is 0 Å². The first kappa shape index (κ1) is 13.3. The van der Waals surface area contributed by atoms with E-state index in [-0.39, 0.29) is 17.4 Å². The van der Waals surface area contributed by atoms with E-state index in [1.165, 1.54) is 5.69 Å². The minimum absolute atomic E-state index is 0.0498. The van der Waals surface area contributed by atoms with Gasteiger partial charge in [0, 0.05) is 42.4 Å². The van der Waals surface area contributed by atoms with Crippen LogP contribution in [0.1, 0.15) is 33.4 Å². The molecule has 0 fully saturated rings. The number of hydrogen-bond acceptors (Lipinski definition) is 2. The van der Waals surface area contributed by atoms with Crippen molar-refractivity contribution in [2.45, 2.75) is 33.1 Å². The van der Waals surface area contributed by atoms with Crippen LogP contribution >= 0.6 is 0 Å². The molecule has 0 aliphatic carbocycles. The Hall–Kier alpha value is -0.800. The zero-order chi connectivity index (χ0) is 12.2. The van der Waals surface area contributed by atoms with Crippen LogP contribution in [0.25, 0.3) is 0 Å². The van der Waals surface area contributed by atoms with Crippen LogP contribution in [0.5, 0.6) is 0 Å². The first-order chi connectivity index (χ1) is 7.37. The highest BCUT2D eigenvalue weighted by atomic mass is 16.3. The molecule has 3 nitrogen and oxygen atoms in total. The molecule has 0 unspecified atom stereocenters. The van der Waals surface area contributed by atoms with Crippen LogP contribution in [-0.4, -0.2) is 29.8 Å². The molecule has 0 bridgehead atoms. The normalized spacial score (nSPS) is 13.1. The van der Waals surface area contributed by atoms with E-state index in [0.29, 0.717) is 0 Å². The average molecular weight is 224 g/mol. The second-order valence-electron chi connectivity index (χ2n) is 5.89. The number of rotatable bonds is 6. The Morgan fingerprint density at radius 1 is 1.25 bits per heavy atom. The second-order valence-corrected chi connectivity index (χ2v) is 5.89. The van der Waals surface area contributed by atoms with Crippen molar-refractivity contribution < 1.29 is 5.11 Å². The molecule has 1 heterocycles. The Labute approximate surface area is 98.3 Å². The Bertz CT molecular complexity index is 302. The Balaban J connectivity index is 2.43. The highest BCUT2D eigenvalue weighted by molar-refractivity contribution is 5.15. The SMILES string of the molecule is CC(C)(CO)CNCC(C)(C)c1ccc[nH]1. The first-order valence-corrected chi connectivity index (χ1v) is 5.83. The molecule has 1 aromatic heterocycles. The van der Waals surface area contributed by atoms with Gasteiger partial charge in [-0.25, -0.2) is 0 Å². The summed E-state index contributed by atoms with van der Waals surface area (Å²) in [5, 5.41) is 12.6. The summed E-state index contributed by atoms with van der Waals surface area (Å²) in [6.45, 7) is 10.5. The monoisotopic (exact) mass is 224 g/mol. The van der Waals surface area contributed by atoms with Gasteiger partial charge in [0.1, 0.15) is 0 Å². The lowest BCUT2D eigenvalue weighted by Gasteiger charge is -2.28. The summed E-state index contributed by atoms with van der Waals surface area (Å²) in [6, 6.07) is 4.13. The van der Waals surface area contributed by atoms with Gasteiger partial charge in [-0.2, -0.15) is 0 Å². The Morgan fingerprint density at radius 2 is 1.94 bits per heavy atom. The zero-order valence-corrected chi connectivity index (χ0v) is 10.8. The van der Waals surface area contributed by atoms with E-state index < -0.39 is 0 Å². The van der Waals surface area contributed by atoms with Crippen LogP contribution < -0.4 is 5.32 Å². The lowest BCUT2D eigenvalue weighted by molar-refractivity contribution is 0.155. The zero-order valence-electron chi connectivity index (χ0n) is 10.8. The number of nitrogens with one attached hydrogen (secondary N) is 2. The minimum Gasteiger partial charge on any atom is -0.396 e. The number of hydrogen-bond donors (Lipinski definition) is 3. The highest BCUT2D eigenvalue weighted by Crippen LogP contribution is 2.20. The van der Waals surface area contributed by atoms with Crippen molar-refractivity contribution in [1.29, 1.82) is 0 Å². The quantitative estimate of drug-likeness (QED) is 0.691. The molecule has 0 saturated heterocycles. The van der Waals surface area contributed by atoms with E-state index >= 15 is 0 Å². The van der Waals surface area contributed by atoms with Crippen molar-refractivity contribution in [3.63, 3.8) is 0 Å². The van der Waals surface area contributed by atoms with Gasteiger partial charge in [0.25, 0.3) is 0 Å². The van der Waals surface area contributed by atoms with Crippen LogP contribution in [0.4, 0.5) is 0 Å². The van der Waals surface area contributed by atoms with Crippen LogP contribution in [0.2, 0.25) is 0 Å². The van der Waals surface area contributed by atoms with Gasteiger partial charge in [-0.1, -0.05) is 27.7 Å². The third-order valence-corrected chi connectivity index (χ3v) is 2.93. The van der Waals surface area contributed by atoms with Gasteiger partial charge in [-0.05, 0) is 12.1 Å². The molecule has 0 aliphatic heterocycles. The summed E-state index contributed by atoms with van der Waals surface area (Å²) in [5.41, 5.74) is 1.28. The summed E-state index contributed by atoms with van der Waals surface area (Å²) in [4.78, 5) is 3.25. The van der Waals surface area contributed by atoms with E-state index in [2.05, 4.69) is 44.1 Å². The maximum absolute atomic E-state index is 9.16. The molecule has 0 aromatic carbocycles. The molecule has 16 heavy (non-hydrogen) atoms. The van der Waals surface area contributed by atoms with Gasteiger partial charge in [0.15, 0.2) is 0 Å². The molecular formula is C13H24N2O. The fourth-order valence-corrected chi connectivity index (χ4v) is 1.62. The van der Waals surface area contributed by atoms with Gasteiger partial charge < -0.3 is 15.4 Å². The first-order valence-electron chi connectivity index (χ1n) is 5.83. The molecule has 3 N–H and O–H groups in total. The molecule has 0 spiro atoms. The van der Waals surface area contributed by atoms with E-state index in [4.69, 9.17) is 5.11 Å². The van der Waals surface area contributed by atoms with Crippen LogP contribution in [0.3, 0.4) is 0 Å². The third kappa shape index (κ3) is 3.65. The van der Waals surface area contributed by atoms with Gasteiger partial charge in [0.2, 0.25) is 0 Å². The summed E-state index contributed by atoms with van der Waals surface area (Å²) in [6.07, 6.45) is 1.95. The van der Waals surface area contributed by atoms with Gasteiger partial charge in [-0.15, -0.1) is 0 Å². The van der Waals surface area contributed by atoms with Crippen LogP contribution in [-0.2, 0) is 5.41 Å². The van der Waals surface area contributed by atoms with E-state index in [9.17, 15) is 0 Å². The molecule has 1 rings (SSSR count). The van der Waals surface area contributed by atoms with Crippen LogP contribution in [0, 0.1) is 5.41 Å². The number of H-pyrrole nitrogens is 1. The molecule has 1 aromatic rings. The molecule has 0 saturated carbocycles. The molecule has 3 heteroatoms. The topological polar surface area (TPSA) is 48.0 Å². The van der Waals surface area contributed by atoms with Gasteiger partial charge in [0.05, 0.1) is 0 Å². The maximum Gasteiger partial charge on any atom is 0.0494 e. The van der Waals surface area contributed by atoms with E-state index in [1.54, 1.807) is 0 Å². The lowest BCUT2D eigenvalue weighted by Crippen LogP contribution is -2.39. The number of aliphatic hydroxyl groups is 1. The second kappa shape index (κ2) is 5.02. The molecule has 0 amide bonds. The van der Waals surface area contributed by atoms with Crippen molar-refractivity contribution in [3.05, 3.63) is 24.0 Å². The molecular weight excluding hydrogens is 200 g/mol. The van der Waals surface area contributed by atoms with Gasteiger partial charge >= 0.3 is 0 Å². The molecule has 92 valence electrons. The predicted octanol–water partition coefficient (Wildman–Crippen LogP) is 1.90. The summed E-state index contributed by atoms with van der Waals surface area (Å²) in [7, 11) is 0. The molecule has 0 atom stereocenters. The Morgan fingerprint density at radius 3 is 2.44 bits per heavy atom. The largest absolute Gasteiger partial charge is 0.396 e. The summed E-state index contributed by atoms with van der Waals surface area (Å²) in [5.74, 6) is 0. The fourth-order valence-electron chi connectivity index (χ4n) is 1.62. The van der Waals surface area contributed by atoms with Crippen molar-refractivity contribution in [1.82, 2.24) is 10.3 Å². The van der Waals surface area contributed by atoms with E-state index in [1.807, 2.05) is 12.3 Å². The van der Waals surface area contributed by atoms with Crippen molar-refractivity contribution >= 4 is 0 Å². The number of aliphatic hydroxyl groups excluding tert-OH is 1. The molecule has 0 radical (unpaired) electrons. The minimum atomic E-state index is -0.0498. The predicted molar refractivity (Wildman–Crippen MR) is 67.6 cm³/mol. The fraction of sp³-hybridized carbons (Fsp3) is 0.692. The Kier molecular flexibility index (Phi) is 4.16. The van der Waals surface area contributed by atoms with Crippen molar-refractivity contribution in [2.24, 2.45) is 5.41 Å². The number of aromatic amines is 1. The van der Waals surface area contributed by atoms with E-state index in [0.717, 1.165) is 13.1 Å². The lowest BCUT2D eigenvalue weighted by atomic mass is 9.88.